The van der Waals surface area contributed by atoms with Crippen molar-refractivity contribution in [2.75, 3.05) is 0 Å². The van der Waals surface area contributed by atoms with E-state index in [1.807, 2.05) is 20.8 Å². The number of halogens is 3. The van der Waals surface area contributed by atoms with Gasteiger partial charge in [0.05, 0.1) is 0 Å². The Hall–Kier alpha value is 0.876. The van der Waals surface area contributed by atoms with Crippen molar-refractivity contribution in [3.63, 3.8) is 0 Å². The first-order chi connectivity index (χ1) is 6.43. The quantitative estimate of drug-likeness (QED) is 0.622. The van der Waals surface area contributed by atoms with E-state index in [9.17, 15) is 4.39 Å². The van der Waals surface area contributed by atoms with Crippen LogP contribution in [-0.2, 0) is 5.41 Å². The topological polar surface area (TPSA) is 0 Å². The summed E-state index contributed by atoms with van der Waals surface area (Å²) in [6, 6.07) is 7.60. The van der Waals surface area contributed by atoms with Crippen LogP contribution in [0.2, 0.25) is 0 Å². The third-order valence-corrected chi connectivity index (χ3v) is 1.62. The molecule has 1 rings (SSSR count). The van der Waals surface area contributed by atoms with Gasteiger partial charge in [0.15, 0.2) is 0 Å². The molecule has 0 unspecified atom stereocenters. The largest absolute Gasteiger partial charge is 0.560 e. The van der Waals surface area contributed by atoms with Gasteiger partial charge in [0.25, 0.3) is 0 Å². The second-order valence-electron chi connectivity index (χ2n) is 3.76. The maximum Gasteiger partial charge on any atom is 0.560 e. The number of hydrogen-bond acceptors (Lipinski definition) is 0. The first kappa shape index (κ1) is 14.9. The second-order valence-corrected chi connectivity index (χ2v) is 11.8. The van der Waals surface area contributed by atoms with E-state index in [1.165, 1.54) is 6.07 Å². The van der Waals surface area contributed by atoms with Crippen LogP contribution < -0.4 is 0 Å². The average Bonchev–Trinajstić information content (AvgIpc) is 2.04. The van der Waals surface area contributed by atoms with E-state index in [-0.39, 0.29) is 27.3 Å². The van der Waals surface area contributed by atoms with Gasteiger partial charge >= 0.3 is 16.0 Å². The molecule has 0 saturated carbocycles. The fraction of sp³-hybridized carbons (Fsp3) is 0.400. The van der Waals surface area contributed by atoms with Crippen molar-refractivity contribution in [3.8, 4) is 0 Å². The molecule has 0 fully saturated rings. The van der Waals surface area contributed by atoms with Crippen LogP contribution in [0.25, 0.3) is 0 Å². The van der Waals surface area contributed by atoms with Crippen molar-refractivity contribution in [2.45, 2.75) is 26.2 Å². The highest BCUT2D eigenvalue weighted by molar-refractivity contribution is 9.47. The SMILES string of the molecule is CC(C)(C)c1c[c]ccc1F.[Br][Mg][Br]. The maximum atomic E-state index is 13.1. The molecular weight excluding hydrogens is 323 g/mol. The highest BCUT2D eigenvalue weighted by Gasteiger charge is 2.16. The molecular formula is C10H12Br2FMg. The van der Waals surface area contributed by atoms with Crippen LogP contribution in [0.3, 0.4) is 0 Å². The van der Waals surface area contributed by atoms with Crippen molar-refractivity contribution in [1.29, 1.82) is 0 Å². The molecule has 0 spiro atoms. The Morgan fingerprint density at radius 3 is 2.14 bits per heavy atom. The smallest absolute Gasteiger partial charge is 0.280 e. The Morgan fingerprint density at radius 2 is 1.86 bits per heavy atom. The van der Waals surface area contributed by atoms with E-state index in [0.29, 0.717) is 0 Å². The first-order valence-corrected chi connectivity index (χ1v) is 12.0. The third kappa shape index (κ3) is 5.68. The molecule has 0 nitrogen and oxygen atoms in total. The highest BCUT2D eigenvalue weighted by atomic mass is 79.9. The number of hydrogen-bond donors (Lipinski definition) is 0. The molecule has 14 heavy (non-hydrogen) atoms. The molecule has 0 atom stereocenters. The van der Waals surface area contributed by atoms with E-state index in [2.05, 4.69) is 31.8 Å². The van der Waals surface area contributed by atoms with Gasteiger partial charge in [-0.05, 0) is 29.2 Å². The number of rotatable bonds is 0. The zero-order valence-corrected chi connectivity index (χ0v) is 13.2. The molecule has 0 amide bonds. The summed E-state index contributed by atoms with van der Waals surface area (Å²) in [5, 5.41) is 0. The van der Waals surface area contributed by atoms with Crippen molar-refractivity contribution in [2.24, 2.45) is 0 Å². The van der Waals surface area contributed by atoms with Gasteiger partial charge in [-0.15, -0.1) is 0 Å². The number of benzene rings is 1. The van der Waals surface area contributed by atoms with Crippen LogP contribution in [0.15, 0.2) is 18.2 Å². The first-order valence-electron chi connectivity index (χ1n) is 4.21. The molecule has 0 aliphatic rings. The lowest BCUT2D eigenvalue weighted by Gasteiger charge is -2.18. The molecule has 0 aromatic heterocycles. The molecule has 1 aromatic carbocycles. The maximum absolute atomic E-state index is 13.1. The van der Waals surface area contributed by atoms with Gasteiger partial charge in [0.1, 0.15) is 5.82 Å². The summed E-state index contributed by atoms with van der Waals surface area (Å²) in [5.41, 5.74) is 0.599. The summed E-state index contributed by atoms with van der Waals surface area (Å²) >= 11 is 6.44. The van der Waals surface area contributed by atoms with Crippen LogP contribution in [-0.4, -0.2) is 16.0 Å². The Labute approximate surface area is 107 Å². The van der Waals surface area contributed by atoms with Gasteiger partial charge in [-0.3, -0.25) is 25.8 Å². The summed E-state index contributed by atoms with van der Waals surface area (Å²) in [5.74, 6) is -0.142. The van der Waals surface area contributed by atoms with Crippen LogP contribution in [0.1, 0.15) is 26.3 Å². The molecule has 0 saturated heterocycles. The average molecular weight is 335 g/mol. The summed E-state index contributed by atoms with van der Waals surface area (Å²) in [7, 11) is 0. The fourth-order valence-electron chi connectivity index (χ4n) is 0.986. The monoisotopic (exact) mass is 333 g/mol. The molecule has 0 heterocycles. The summed E-state index contributed by atoms with van der Waals surface area (Å²) in [6.07, 6.45) is 0. The molecule has 1 radical (unpaired) electrons. The van der Waals surface area contributed by atoms with Crippen LogP contribution in [0.4, 0.5) is 4.39 Å². The molecule has 1 aromatic rings. The minimum absolute atomic E-state index is 0.0417. The molecule has 75 valence electrons. The third-order valence-electron chi connectivity index (χ3n) is 1.62. The van der Waals surface area contributed by atoms with Gasteiger partial charge in [-0.25, -0.2) is 4.39 Å². The van der Waals surface area contributed by atoms with E-state index in [0.717, 1.165) is 5.56 Å². The summed E-state index contributed by atoms with van der Waals surface area (Å²) < 4.78 is 13.1. The van der Waals surface area contributed by atoms with Crippen LogP contribution >= 0.6 is 25.8 Å². The molecule has 0 bridgehead atoms. The van der Waals surface area contributed by atoms with E-state index >= 15 is 0 Å². The summed E-state index contributed by atoms with van der Waals surface area (Å²) in [6.45, 7) is 5.96. The predicted octanol–water partition coefficient (Wildman–Crippen LogP) is 4.23. The molecule has 0 N–H and O–H groups in total. The van der Waals surface area contributed by atoms with E-state index in [1.54, 1.807) is 12.1 Å². The van der Waals surface area contributed by atoms with E-state index in [4.69, 9.17) is 0 Å². The van der Waals surface area contributed by atoms with Gasteiger partial charge in [-0.2, -0.15) is 0 Å². The van der Waals surface area contributed by atoms with E-state index < -0.39 is 0 Å². The van der Waals surface area contributed by atoms with Crippen molar-refractivity contribution in [1.82, 2.24) is 0 Å². The Kier molecular flexibility index (Phi) is 7.65. The highest BCUT2D eigenvalue weighted by Crippen LogP contribution is 2.23. The Bertz CT molecular complexity index is 271. The zero-order valence-electron chi connectivity index (χ0n) is 8.57. The Morgan fingerprint density at radius 1 is 1.36 bits per heavy atom. The van der Waals surface area contributed by atoms with Gasteiger partial charge < -0.3 is 0 Å². The van der Waals surface area contributed by atoms with Crippen LogP contribution in [0.5, 0.6) is 0 Å². The van der Waals surface area contributed by atoms with Gasteiger partial charge in [0.2, 0.25) is 0 Å². The minimum Gasteiger partial charge on any atom is -0.280 e. The lowest BCUT2D eigenvalue weighted by molar-refractivity contribution is 0.523. The lowest BCUT2D eigenvalue weighted by Crippen LogP contribution is -2.13. The van der Waals surface area contributed by atoms with Gasteiger partial charge in [-0.1, -0.05) is 26.8 Å². The zero-order chi connectivity index (χ0) is 11.2. The molecule has 4 heteroatoms. The van der Waals surface area contributed by atoms with Crippen molar-refractivity contribution < 1.29 is 4.39 Å². The van der Waals surface area contributed by atoms with Gasteiger partial charge in [0, 0.05) is 0 Å². The standard InChI is InChI=1S/C10H12F.2BrH.Mg/c1-10(2,3)8-6-4-5-7-9(8)11;;;/h5-7H,1-3H3;2*1H;/q;;;+2/p-2. The van der Waals surface area contributed by atoms with Crippen LogP contribution in [0, 0.1) is 11.9 Å². The fourth-order valence-corrected chi connectivity index (χ4v) is 0.986. The van der Waals surface area contributed by atoms with Crippen molar-refractivity contribution >= 4 is 41.8 Å². The Balaban J connectivity index is 0.000000500. The molecule has 0 aliphatic carbocycles. The second kappa shape index (κ2) is 7.20. The minimum atomic E-state index is -0.142. The van der Waals surface area contributed by atoms with Crippen molar-refractivity contribution in [3.05, 3.63) is 35.6 Å². The lowest BCUT2D eigenvalue weighted by atomic mass is 9.87. The predicted molar refractivity (Wildman–Crippen MR) is 67.5 cm³/mol. The normalized spacial score (nSPS) is 9.86. The molecule has 0 aliphatic heterocycles. The summed E-state index contributed by atoms with van der Waals surface area (Å²) in [4.78, 5) is 0.